The van der Waals surface area contributed by atoms with Gasteiger partial charge in [-0.2, -0.15) is 0 Å². The summed E-state index contributed by atoms with van der Waals surface area (Å²) in [6.07, 6.45) is 5.73. The molecular weight excluding hydrogens is 520 g/mol. The van der Waals surface area contributed by atoms with Gasteiger partial charge >= 0.3 is 5.97 Å². The van der Waals surface area contributed by atoms with Gasteiger partial charge in [-0.25, -0.2) is 0 Å². The summed E-state index contributed by atoms with van der Waals surface area (Å²) < 4.78 is 11.5. The summed E-state index contributed by atoms with van der Waals surface area (Å²) in [4.78, 5) is 39.7. The van der Waals surface area contributed by atoms with E-state index in [1.165, 1.54) is 17.7 Å². The number of nitrogens with zero attached hydrogens (tertiary/aromatic N) is 2. The van der Waals surface area contributed by atoms with Crippen molar-refractivity contribution in [2.75, 3.05) is 26.8 Å². The number of methoxy groups -OCH3 is 1. The molecule has 2 atom stereocenters. The number of carboxylic acid groups (broad SMARTS) is 1. The van der Waals surface area contributed by atoms with E-state index in [0.29, 0.717) is 35.4 Å². The van der Waals surface area contributed by atoms with Crippen LogP contribution in [0.15, 0.2) is 36.4 Å². The van der Waals surface area contributed by atoms with Gasteiger partial charge in [0.25, 0.3) is 0 Å². The minimum Gasteiger partial charge on any atom is -0.493 e. The summed E-state index contributed by atoms with van der Waals surface area (Å²) in [6.45, 7) is 1.79. The maximum absolute atomic E-state index is 12.4. The van der Waals surface area contributed by atoms with Crippen LogP contribution in [0.25, 0.3) is 0 Å². The summed E-state index contributed by atoms with van der Waals surface area (Å²) in [5.41, 5.74) is 3.05. The molecule has 5 rings (SSSR count). The molecule has 208 valence electrons. The van der Waals surface area contributed by atoms with E-state index in [2.05, 4.69) is 4.90 Å². The number of amides is 2. The second-order valence-corrected chi connectivity index (χ2v) is 11.2. The molecule has 2 fully saturated rings. The third-order valence-electron chi connectivity index (χ3n) is 8.26. The summed E-state index contributed by atoms with van der Waals surface area (Å²) in [5, 5.41) is 10.8. The first-order valence-electron chi connectivity index (χ1n) is 13.7. The molecule has 0 radical (unpaired) electrons. The lowest BCUT2D eigenvalue weighted by atomic mass is 9.96. The van der Waals surface area contributed by atoms with E-state index < -0.39 is 11.9 Å². The lowest BCUT2D eigenvalue weighted by molar-refractivity contribution is -0.144. The Balaban J connectivity index is 1.36. The molecule has 2 aromatic rings. The molecule has 8 nitrogen and oxygen atoms in total. The van der Waals surface area contributed by atoms with Gasteiger partial charge in [0, 0.05) is 37.0 Å². The SMILES string of the molecule is COc1cc(CN(CC2CCCC2)C2c3ccc(Cl)cc3CC2C(=O)O)ccc1OCCN1C(=O)CCC1=O. The van der Waals surface area contributed by atoms with E-state index in [4.69, 9.17) is 21.1 Å². The molecule has 2 aliphatic carbocycles. The average Bonchev–Trinajstić information content (AvgIpc) is 3.64. The van der Waals surface area contributed by atoms with E-state index in [1.807, 2.05) is 36.4 Å². The predicted octanol–water partition coefficient (Wildman–Crippen LogP) is 4.87. The molecule has 39 heavy (non-hydrogen) atoms. The molecule has 0 spiro atoms. The van der Waals surface area contributed by atoms with Crippen molar-refractivity contribution in [2.24, 2.45) is 11.8 Å². The number of benzene rings is 2. The molecule has 9 heteroatoms. The van der Waals surface area contributed by atoms with Crippen LogP contribution in [0.2, 0.25) is 5.02 Å². The molecule has 1 aliphatic heterocycles. The van der Waals surface area contributed by atoms with Crippen molar-refractivity contribution in [3.63, 3.8) is 0 Å². The molecule has 2 aromatic carbocycles. The van der Waals surface area contributed by atoms with Crippen molar-refractivity contribution in [1.29, 1.82) is 0 Å². The number of hydrogen-bond acceptors (Lipinski definition) is 6. The van der Waals surface area contributed by atoms with E-state index >= 15 is 0 Å². The van der Waals surface area contributed by atoms with E-state index in [-0.39, 0.29) is 43.8 Å². The molecule has 3 aliphatic rings. The van der Waals surface area contributed by atoms with Gasteiger partial charge in [-0.15, -0.1) is 0 Å². The number of aliphatic carboxylic acids is 1. The maximum atomic E-state index is 12.4. The van der Waals surface area contributed by atoms with Crippen molar-refractivity contribution in [1.82, 2.24) is 9.80 Å². The van der Waals surface area contributed by atoms with Crippen molar-refractivity contribution < 1.29 is 29.0 Å². The Morgan fingerprint density at radius 3 is 2.51 bits per heavy atom. The van der Waals surface area contributed by atoms with Crippen LogP contribution in [0.5, 0.6) is 11.5 Å². The van der Waals surface area contributed by atoms with Gasteiger partial charge in [0.1, 0.15) is 6.61 Å². The zero-order chi connectivity index (χ0) is 27.5. The Morgan fingerprint density at radius 2 is 1.82 bits per heavy atom. The number of carboxylic acids is 1. The first-order chi connectivity index (χ1) is 18.8. The van der Waals surface area contributed by atoms with Crippen molar-refractivity contribution in [2.45, 2.75) is 57.5 Å². The first kappa shape index (κ1) is 27.5. The summed E-state index contributed by atoms with van der Waals surface area (Å²) in [5.74, 6) is -0.0307. The van der Waals surface area contributed by atoms with E-state index in [0.717, 1.165) is 36.1 Å². The van der Waals surface area contributed by atoms with Crippen LogP contribution in [-0.4, -0.2) is 59.5 Å². The normalized spacial score (nSPS) is 21.2. The van der Waals surface area contributed by atoms with Gasteiger partial charge in [0.05, 0.1) is 19.6 Å². The van der Waals surface area contributed by atoms with Gasteiger partial charge in [-0.3, -0.25) is 24.2 Å². The van der Waals surface area contributed by atoms with Crippen LogP contribution in [-0.2, 0) is 27.3 Å². The van der Waals surface area contributed by atoms with Crippen LogP contribution >= 0.6 is 11.6 Å². The van der Waals surface area contributed by atoms with Crippen molar-refractivity contribution >= 4 is 29.4 Å². The van der Waals surface area contributed by atoms with Crippen molar-refractivity contribution in [3.05, 3.63) is 58.1 Å². The number of carbonyl (C=O) groups excluding carboxylic acids is 2. The molecule has 1 N–H and O–H groups in total. The highest BCUT2D eigenvalue weighted by Crippen LogP contribution is 2.44. The van der Waals surface area contributed by atoms with E-state index in [9.17, 15) is 19.5 Å². The molecule has 2 amide bonds. The fourth-order valence-corrected chi connectivity index (χ4v) is 6.56. The molecule has 0 aromatic heterocycles. The quantitative estimate of drug-likeness (QED) is 0.396. The van der Waals surface area contributed by atoms with Crippen LogP contribution in [0.1, 0.15) is 61.3 Å². The minimum absolute atomic E-state index is 0.163. The third kappa shape index (κ3) is 6.07. The number of carbonyl (C=O) groups is 3. The number of ether oxygens (including phenoxy) is 2. The number of rotatable bonds is 11. The molecule has 1 saturated heterocycles. The lowest BCUT2D eigenvalue weighted by Gasteiger charge is -2.34. The van der Waals surface area contributed by atoms with Gasteiger partial charge in [0.15, 0.2) is 11.5 Å². The Hall–Kier alpha value is -3.10. The number of imide groups is 1. The molecule has 2 unspecified atom stereocenters. The zero-order valence-corrected chi connectivity index (χ0v) is 23.0. The monoisotopic (exact) mass is 554 g/mol. The molecule has 0 bridgehead atoms. The fraction of sp³-hybridized carbons (Fsp3) is 0.500. The average molecular weight is 555 g/mol. The lowest BCUT2D eigenvalue weighted by Crippen LogP contribution is -2.37. The highest BCUT2D eigenvalue weighted by atomic mass is 35.5. The number of halogens is 1. The Morgan fingerprint density at radius 1 is 1.08 bits per heavy atom. The molecular formula is C30H35ClN2O6. The Kier molecular flexibility index (Phi) is 8.43. The molecule has 1 heterocycles. The van der Waals surface area contributed by atoms with Crippen LogP contribution in [0.3, 0.4) is 0 Å². The predicted molar refractivity (Wildman–Crippen MR) is 146 cm³/mol. The summed E-state index contributed by atoms with van der Waals surface area (Å²) in [6, 6.07) is 11.2. The maximum Gasteiger partial charge on any atom is 0.308 e. The van der Waals surface area contributed by atoms with Crippen molar-refractivity contribution in [3.8, 4) is 11.5 Å². The van der Waals surface area contributed by atoms with Gasteiger partial charge < -0.3 is 14.6 Å². The van der Waals surface area contributed by atoms with Gasteiger partial charge in [-0.05, 0) is 66.1 Å². The topological polar surface area (TPSA) is 96.4 Å². The second kappa shape index (κ2) is 12.0. The highest BCUT2D eigenvalue weighted by Gasteiger charge is 2.41. The number of hydrogen-bond donors (Lipinski definition) is 1. The van der Waals surface area contributed by atoms with Crippen LogP contribution < -0.4 is 9.47 Å². The van der Waals surface area contributed by atoms with Crippen LogP contribution in [0, 0.1) is 11.8 Å². The largest absolute Gasteiger partial charge is 0.493 e. The Labute approximate surface area is 233 Å². The Bertz CT molecular complexity index is 1230. The fourth-order valence-electron chi connectivity index (χ4n) is 6.36. The second-order valence-electron chi connectivity index (χ2n) is 10.8. The third-order valence-corrected chi connectivity index (χ3v) is 8.50. The zero-order valence-electron chi connectivity index (χ0n) is 22.2. The highest BCUT2D eigenvalue weighted by molar-refractivity contribution is 6.30. The number of likely N-dealkylation sites (tertiary alicyclic amines) is 1. The minimum atomic E-state index is -0.792. The van der Waals surface area contributed by atoms with Gasteiger partial charge in [-0.1, -0.05) is 36.6 Å². The summed E-state index contributed by atoms with van der Waals surface area (Å²) in [7, 11) is 1.58. The van der Waals surface area contributed by atoms with Gasteiger partial charge in [0.2, 0.25) is 11.8 Å². The number of fused-ring (bicyclic) bond motifs is 1. The first-order valence-corrected chi connectivity index (χ1v) is 14.1. The standard InChI is InChI=1S/C30H35ClN2O6/c1-38-26-14-20(6-9-25(26)39-13-12-33-27(34)10-11-28(33)35)18-32(17-19-4-2-3-5-19)29-23-8-7-22(31)15-21(23)16-24(29)30(36)37/h6-9,14-15,19,24,29H,2-5,10-13,16-18H2,1H3,(H,36,37). The molecule has 1 saturated carbocycles. The van der Waals surface area contributed by atoms with Crippen LogP contribution in [0.4, 0.5) is 0 Å². The van der Waals surface area contributed by atoms with E-state index in [1.54, 1.807) is 7.11 Å². The smallest absolute Gasteiger partial charge is 0.308 e. The summed E-state index contributed by atoms with van der Waals surface area (Å²) >= 11 is 6.26.